The van der Waals surface area contributed by atoms with Gasteiger partial charge in [-0.1, -0.05) is 12.8 Å². The van der Waals surface area contributed by atoms with Crippen LogP contribution in [0.4, 0.5) is 0 Å². The zero-order valence-electron chi connectivity index (χ0n) is 7.13. The number of nitrogens with zero attached hydrogens (tertiary/aromatic N) is 1. The molecule has 0 fully saturated rings. The van der Waals surface area contributed by atoms with Gasteiger partial charge in [0.15, 0.2) is 0 Å². The lowest BCUT2D eigenvalue weighted by atomic mass is 10.4. The molecule has 1 heterocycles. The fraction of sp³-hybridized carbons (Fsp3) is 0.444. The van der Waals surface area contributed by atoms with Crippen LogP contribution in [0.5, 0.6) is 0 Å². The van der Waals surface area contributed by atoms with Gasteiger partial charge < -0.3 is 0 Å². The predicted molar refractivity (Wildman–Crippen MR) is 52.0 cm³/mol. The molecule has 0 amide bonds. The highest BCUT2D eigenvalue weighted by Crippen LogP contribution is 2.12. The second-order valence-corrected chi connectivity index (χ2v) is 3.58. The van der Waals surface area contributed by atoms with Crippen LogP contribution in [-0.4, -0.2) is 11.5 Å². The third-order valence-electron chi connectivity index (χ3n) is 1.45. The smallest absolute Gasteiger partial charge is 0.107 e. The minimum absolute atomic E-state index is 0.612. The lowest BCUT2D eigenvalue weighted by Crippen LogP contribution is -2.12. The standard InChI is InChI=1S/C9H12N2S/c1-3-5-10-7-9-11-6-8(4-2)12-9/h1,6,10H,4-5,7H2,2H3. The molecule has 2 nitrogen and oxygen atoms in total. The molecule has 0 aliphatic heterocycles. The van der Waals surface area contributed by atoms with E-state index in [0.29, 0.717) is 6.54 Å². The molecule has 0 unspecified atom stereocenters. The third-order valence-corrected chi connectivity index (χ3v) is 2.59. The van der Waals surface area contributed by atoms with E-state index in [0.717, 1.165) is 18.0 Å². The van der Waals surface area contributed by atoms with Crippen molar-refractivity contribution in [3.63, 3.8) is 0 Å². The molecule has 0 atom stereocenters. The predicted octanol–water partition coefficient (Wildman–Crippen LogP) is 1.43. The van der Waals surface area contributed by atoms with Gasteiger partial charge in [-0.3, -0.25) is 5.32 Å². The Bertz CT molecular complexity index is 272. The lowest BCUT2D eigenvalue weighted by molar-refractivity contribution is 0.764. The van der Waals surface area contributed by atoms with Crippen molar-refractivity contribution in [2.24, 2.45) is 0 Å². The van der Waals surface area contributed by atoms with Crippen LogP contribution in [0, 0.1) is 12.3 Å². The van der Waals surface area contributed by atoms with Gasteiger partial charge in [0.2, 0.25) is 0 Å². The van der Waals surface area contributed by atoms with E-state index in [1.54, 1.807) is 11.3 Å². The van der Waals surface area contributed by atoms with E-state index in [9.17, 15) is 0 Å². The molecule has 0 aromatic carbocycles. The van der Waals surface area contributed by atoms with E-state index < -0.39 is 0 Å². The Labute approximate surface area is 77.0 Å². The van der Waals surface area contributed by atoms with Crippen LogP contribution < -0.4 is 5.32 Å². The minimum Gasteiger partial charge on any atom is -0.300 e. The Hall–Kier alpha value is -0.850. The van der Waals surface area contributed by atoms with Crippen molar-refractivity contribution in [3.8, 4) is 12.3 Å². The summed E-state index contributed by atoms with van der Waals surface area (Å²) < 4.78 is 0. The molecule has 0 radical (unpaired) electrons. The largest absolute Gasteiger partial charge is 0.300 e. The van der Waals surface area contributed by atoms with Crippen molar-refractivity contribution in [2.45, 2.75) is 19.9 Å². The zero-order valence-corrected chi connectivity index (χ0v) is 7.95. The first kappa shape index (κ1) is 9.24. The zero-order chi connectivity index (χ0) is 8.81. The summed E-state index contributed by atoms with van der Waals surface area (Å²) in [4.78, 5) is 5.57. The van der Waals surface area contributed by atoms with Gasteiger partial charge in [0.05, 0.1) is 6.54 Å². The Morgan fingerprint density at radius 3 is 3.17 bits per heavy atom. The molecular weight excluding hydrogens is 168 g/mol. The van der Waals surface area contributed by atoms with E-state index in [2.05, 4.69) is 23.1 Å². The third kappa shape index (κ3) is 2.65. The van der Waals surface area contributed by atoms with Crippen molar-refractivity contribution in [2.75, 3.05) is 6.54 Å². The number of thiazole rings is 1. The van der Waals surface area contributed by atoms with Gasteiger partial charge in [-0.2, -0.15) is 0 Å². The second-order valence-electron chi connectivity index (χ2n) is 2.38. The number of aryl methyl sites for hydroxylation is 1. The molecule has 0 saturated carbocycles. The maximum atomic E-state index is 5.09. The van der Waals surface area contributed by atoms with Gasteiger partial charge in [0.25, 0.3) is 0 Å². The van der Waals surface area contributed by atoms with Crippen LogP contribution in [0.15, 0.2) is 6.20 Å². The summed E-state index contributed by atoms with van der Waals surface area (Å²) in [7, 11) is 0. The van der Waals surface area contributed by atoms with Crippen LogP contribution in [-0.2, 0) is 13.0 Å². The molecule has 0 saturated heterocycles. The summed E-state index contributed by atoms with van der Waals surface area (Å²) in [6.45, 7) is 3.53. The maximum absolute atomic E-state index is 5.09. The number of hydrogen-bond acceptors (Lipinski definition) is 3. The van der Waals surface area contributed by atoms with Crippen LogP contribution in [0.25, 0.3) is 0 Å². The van der Waals surface area contributed by atoms with E-state index >= 15 is 0 Å². The molecular formula is C9H12N2S. The van der Waals surface area contributed by atoms with Gasteiger partial charge >= 0.3 is 0 Å². The summed E-state index contributed by atoms with van der Waals surface area (Å²) in [6.07, 6.45) is 8.08. The normalized spacial score (nSPS) is 9.67. The molecule has 1 N–H and O–H groups in total. The highest BCUT2D eigenvalue weighted by molar-refractivity contribution is 7.11. The van der Waals surface area contributed by atoms with Crippen molar-refractivity contribution in [3.05, 3.63) is 16.1 Å². The molecule has 1 rings (SSSR count). The first-order valence-electron chi connectivity index (χ1n) is 3.94. The van der Waals surface area contributed by atoms with E-state index in [4.69, 9.17) is 6.42 Å². The number of aromatic nitrogens is 1. The first-order chi connectivity index (χ1) is 5.86. The topological polar surface area (TPSA) is 24.9 Å². The monoisotopic (exact) mass is 180 g/mol. The fourth-order valence-electron chi connectivity index (χ4n) is 0.835. The molecule has 12 heavy (non-hydrogen) atoms. The molecule has 3 heteroatoms. The Balaban J connectivity index is 2.37. The van der Waals surface area contributed by atoms with Gasteiger partial charge in [-0.25, -0.2) is 4.98 Å². The van der Waals surface area contributed by atoms with Gasteiger partial charge in [-0.05, 0) is 6.42 Å². The van der Waals surface area contributed by atoms with Gasteiger partial charge in [0.1, 0.15) is 5.01 Å². The van der Waals surface area contributed by atoms with Crippen molar-refractivity contribution in [1.29, 1.82) is 0 Å². The molecule has 1 aromatic heterocycles. The van der Waals surface area contributed by atoms with Crippen molar-refractivity contribution >= 4 is 11.3 Å². The molecule has 64 valence electrons. The first-order valence-corrected chi connectivity index (χ1v) is 4.76. The van der Waals surface area contributed by atoms with E-state index in [-0.39, 0.29) is 0 Å². The number of terminal acetylenes is 1. The number of nitrogens with one attached hydrogen (secondary N) is 1. The van der Waals surface area contributed by atoms with E-state index in [1.165, 1.54) is 4.88 Å². The van der Waals surface area contributed by atoms with Crippen molar-refractivity contribution < 1.29 is 0 Å². The summed E-state index contributed by atoms with van der Waals surface area (Å²) in [5, 5.41) is 4.21. The summed E-state index contributed by atoms with van der Waals surface area (Å²) in [6, 6.07) is 0. The van der Waals surface area contributed by atoms with E-state index in [1.807, 2.05) is 6.20 Å². The lowest BCUT2D eigenvalue weighted by Gasteiger charge is -1.93. The second kappa shape index (κ2) is 4.91. The summed E-state index contributed by atoms with van der Waals surface area (Å²) in [5.74, 6) is 2.52. The average Bonchev–Trinajstić information content (AvgIpc) is 2.53. The van der Waals surface area contributed by atoms with Crippen molar-refractivity contribution in [1.82, 2.24) is 10.3 Å². The molecule has 1 aromatic rings. The van der Waals surface area contributed by atoms with Gasteiger partial charge in [-0.15, -0.1) is 17.8 Å². The molecule has 0 bridgehead atoms. The highest BCUT2D eigenvalue weighted by atomic mass is 32.1. The maximum Gasteiger partial charge on any atom is 0.107 e. The molecule has 0 spiro atoms. The average molecular weight is 180 g/mol. The Morgan fingerprint density at radius 1 is 1.75 bits per heavy atom. The molecule has 0 aliphatic carbocycles. The quantitative estimate of drug-likeness (QED) is 0.560. The number of rotatable bonds is 4. The fourth-order valence-corrected chi connectivity index (χ4v) is 1.67. The summed E-state index contributed by atoms with van der Waals surface area (Å²) >= 11 is 1.74. The Morgan fingerprint density at radius 2 is 2.58 bits per heavy atom. The van der Waals surface area contributed by atoms with Crippen LogP contribution >= 0.6 is 11.3 Å². The Kier molecular flexibility index (Phi) is 3.78. The molecule has 0 aliphatic rings. The number of hydrogen-bond donors (Lipinski definition) is 1. The summed E-state index contributed by atoms with van der Waals surface area (Å²) in [5.41, 5.74) is 0. The van der Waals surface area contributed by atoms with Crippen LogP contribution in [0.2, 0.25) is 0 Å². The van der Waals surface area contributed by atoms with Crippen LogP contribution in [0.3, 0.4) is 0 Å². The highest BCUT2D eigenvalue weighted by Gasteiger charge is 1.98. The SMILES string of the molecule is C#CCNCc1ncc(CC)s1. The minimum atomic E-state index is 0.612. The van der Waals surface area contributed by atoms with Gasteiger partial charge in [0, 0.05) is 17.6 Å². The van der Waals surface area contributed by atoms with Crippen LogP contribution in [0.1, 0.15) is 16.8 Å².